The van der Waals surface area contributed by atoms with Crippen LogP contribution in [0.2, 0.25) is 0 Å². The first-order chi connectivity index (χ1) is 10.0. The van der Waals surface area contributed by atoms with E-state index in [0.717, 1.165) is 17.8 Å². The van der Waals surface area contributed by atoms with E-state index in [1.54, 1.807) is 23.3 Å². The van der Waals surface area contributed by atoms with Gasteiger partial charge in [-0.25, -0.2) is 0 Å². The molecule has 21 heavy (non-hydrogen) atoms. The topological polar surface area (TPSA) is 52.7 Å². The fraction of sp³-hybridized carbons (Fsp3) is 0.600. The molecule has 0 spiro atoms. The van der Waals surface area contributed by atoms with Gasteiger partial charge < -0.3 is 15.1 Å². The molecule has 5 nitrogen and oxygen atoms in total. The Morgan fingerprint density at radius 3 is 2.90 bits per heavy atom. The van der Waals surface area contributed by atoms with Gasteiger partial charge in [-0.3, -0.25) is 9.59 Å². The number of nitrogens with zero attached hydrogens (tertiary/aromatic N) is 2. The molecule has 1 aliphatic heterocycles. The van der Waals surface area contributed by atoms with Crippen molar-refractivity contribution in [3.63, 3.8) is 0 Å². The van der Waals surface area contributed by atoms with Gasteiger partial charge in [0.2, 0.25) is 11.8 Å². The first kappa shape index (κ1) is 16.0. The number of nitrogens with one attached hydrogen (secondary N) is 1. The zero-order chi connectivity index (χ0) is 15.4. The Balaban J connectivity index is 1.97. The van der Waals surface area contributed by atoms with Crippen LogP contribution >= 0.6 is 11.3 Å². The van der Waals surface area contributed by atoms with Crippen LogP contribution < -0.4 is 5.32 Å². The summed E-state index contributed by atoms with van der Waals surface area (Å²) in [5.74, 6) is -0.243. The van der Waals surface area contributed by atoms with E-state index >= 15 is 0 Å². The van der Waals surface area contributed by atoms with Crippen LogP contribution in [0.4, 0.5) is 0 Å². The summed E-state index contributed by atoms with van der Waals surface area (Å²) < 4.78 is 0. The van der Waals surface area contributed by atoms with Crippen molar-refractivity contribution in [2.45, 2.75) is 18.9 Å². The van der Waals surface area contributed by atoms with E-state index in [-0.39, 0.29) is 23.8 Å². The first-order valence-electron chi connectivity index (χ1n) is 7.22. The number of carbonyl (C=O) groups is 2. The van der Waals surface area contributed by atoms with E-state index in [4.69, 9.17) is 0 Å². The molecule has 1 fully saturated rings. The molecule has 2 heterocycles. The van der Waals surface area contributed by atoms with Crippen LogP contribution in [0.1, 0.15) is 23.8 Å². The predicted octanol–water partition coefficient (Wildman–Crippen LogP) is 1.34. The lowest BCUT2D eigenvalue weighted by Gasteiger charge is -2.23. The van der Waals surface area contributed by atoms with Gasteiger partial charge in [0.15, 0.2) is 0 Å². The molecule has 1 aliphatic rings. The smallest absolute Gasteiger partial charge is 0.226 e. The fourth-order valence-electron chi connectivity index (χ4n) is 2.69. The summed E-state index contributed by atoms with van der Waals surface area (Å²) in [4.78, 5) is 29.2. The van der Waals surface area contributed by atoms with E-state index in [9.17, 15) is 9.59 Å². The Hall–Kier alpha value is -1.40. The quantitative estimate of drug-likeness (QED) is 0.807. The lowest BCUT2D eigenvalue weighted by atomic mass is 9.98. The molecule has 0 aliphatic carbocycles. The van der Waals surface area contributed by atoms with Crippen LogP contribution in [-0.2, 0) is 9.59 Å². The molecule has 1 aromatic heterocycles. The van der Waals surface area contributed by atoms with Gasteiger partial charge in [0, 0.05) is 24.9 Å². The van der Waals surface area contributed by atoms with Crippen molar-refractivity contribution >= 4 is 23.2 Å². The molecule has 2 amide bonds. The molecule has 6 heteroatoms. The Morgan fingerprint density at radius 2 is 2.29 bits per heavy atom. The van der Waals surface area contributed by atoms with E-state index < -0.39 is 0 Å². The molecule has 0 radical (unpaired) electrons. The van der Waals surface area contributed by atoms with E-state index in [0.29, 0.717) is 13.0 Å². The van der Waals surface area contributed by atoms with Gasteiger partial charge >= 0.3 is 0 Å². The highest BCUT2D eigenvalue weighted by Crippen LogP contribution is 2.38. The van der Waals surface area contributed by atoms with Crippen molar-refractivity contribution in [2.24, 2.45) is 5.92 Å². The summed E-state index contributed by atoms with van der Waals surface area (Å²) in [6.07, 6.45) is 1.22. The van der Waals surface area contributed by atoms with Gasteiger partial charge in [0.1, 0.15) is 0 Å². The fourth-order valence-corrected chi connectivity index (χ4v) is 3.62. The second kappa shape index (κ2) is 7.04. The number of likely N-dealkylation sites (tertiary alicyclic amines) is 1. The molecule has 1 aromatic rings. The van der Waals surface area contributed by atoms with Gasteiger partial charge in [-0.1, -0.05) is 6.07 Å². The van der Waals surface area contributed by atoms with Gasteiger partial charge in [-0.2, -0.15) is 0 Å². The SMILES string of the molecule is CN(C)CCCNC(=O)[C@@H]1CC(=O)N(C)[C@@H]1c1cccs1. The van der Waals surface area contributed by atoms with Crippen molar-refractivity contribution in [3.8, 4) is 0 Å². The first-order valence-corrected chi connectivity index (χ1v) is 8.10. The minimum atomic E-state index is -0.277. The average Bonchev–Trinajstić information content (AvgIpc) is 3.04. The standard InChI is InChI=1S/C15H23N3O2S/c1-17(2)8-5-7-16-15(20)11-10-13(19)18(3)14(11)12-6-4-9-21-12/h4,6,9,11,14H,5,7-8,10H2,1-3H3,(H,16,20)/t11-,14+/m1/s1. The van der Waals surface area contributed by atoms with Crippen LogP contribution in [0.5, 0.6) is 0 Å². The van der Waals surface area contributed by atoms with Crippen LogP contribution in [0, 0.1) is 5.92 Å². The number of hydrogen-bond donors (Lipinski definition) is 1. The molecule has 0 aromatic carbocycles. The maximum atomic E-state index is 12.4. The van der Waals surface area contributed by atoms with Crippen molar-refractivity contribution in [2.75, 3.05) is 34.2 Å². The molecular formula is C15H23N3O2S. The molecule has 1 N–H and O–H groups in total. The lowest BCUT2D eigenvalue weighted by molar-refractivity contribution is -0.128. The average molecular weight is 309 g/mol. The van der Waals surface area contributed by atoms with Crippen molar-refractivity contribution < 1.29 is 9.59 Å². The molecular weight excluding hydrogens is 286 g/mol. The summed E-state index contributed by atoms with van der Waals surface area (Å²) in [6, 6.07) is 3.84. The lowest BCUT2D eigenvalue weighted by Crippen LogP contribution is -2.35. The summed E-state index contributed by atoms with van der Waals surface area (Å²) >= 11 is 1.60. The molecule has 0 saturated carbocycles. The van der Waals surface area contributed by atoms with Gasteiger partial charge in [0.05, 0.1) is 12.0 Å². The Kier molecular flexibility index (Phi) is 5.36. The molecule has 1 saturated heterocycles. The van der Waals surface area contributed by atoms with E-state index in [1.165, 1.54) is 0 Å². The predicted molar refractivity (Wildman–Crippen MR) is 84.1 cm³/mol. The maximum Gasteiger partial charge on any atom is 0.226 e. The van der Waals surface area contributed by atoms with Crippen LogP contribution in [0.3, 0.4) is 0 Å². The number of hydrogen-bond acceptors (Lipinski definition) is 4. The second-order valence-electron chi connectivity index (χ2n) is 5.72. The summed E-state index contributed by atoms with van der Waals surface area (Å²) in [7, 11) is 5.81. The Bertz CT molecular complexity index is 487. The van der Waals surface area contributed by atoms with Crippen molar-refractivity contribution in [1.82, 2.24) is 15.1 Å². The monoisotopic (exact) mass is 309 g/mol. The number of carbonyl (C=O) groups excluding carboxylic acids is 2. The van der Waals surface area contributed by atoms with Crippen molar-refractivity contribution in [1.29, 1.82) is 0 Å². The van der Waals surface area contributed by atoms with Gasteiger partial charge in [-0.05, 0) is 38.5 Å². The summed E-state index contributed by atoms with van der Waals surface area (Å²) in [5.41, 5.74) is 0. The molecule has 0 unspecified atom stereocenters. The normalized spacial score (nSPS) is 22.1. The second-order valence-corrected chi connectivity index (χ2v) is 6.70. The highest BCUT2D eigenvalue weighted by Gasteiger charge is 2.42. The molecule has 2 rings (SSSR count). The van der Waals surface area contributed by atoms with E-state index in [1.807, 2.05) is 31.6 Å². The molecule has 0 bridgehead atoms. The van der Waals surface area contributed by atoms with Crippen molar-refractivity contribution in [3.05, 3.63) is 22.4 Å². The summed E-state index contributed by atoms with van der Waals surface area (Å²) in [5, 5.41) is 4.96. The van der Waals surface area contributed by atoms with Gasteiger partial charge in [0.25, 0.3) is 0 Å². The third-order valence-electron chi connectivity index (χ3n) is 3.84. The molecule has 2 atom stereocenters. The maximum absolute atomic E-state index is 12.4. The number of amides is 2. The summed E-state index contributed by atoms with van der Waals surface area (Å²) in [6.45, 7) is 1.60. The minimum absolute atomic E-state index is 0.00939. The van der Waals surface area contributed by atoms with Crippen LogP contribution in [-0.4, -0.2) is 55.8 Å². The highest BCUT2D eigenvalue weighted by atomic mass is 32.1. The minimum Gasteiger partial charge on any atom is -0.356 e. The third-order valence-corrected chi connectivity index (χ3v) is 4.78. The Morgan fingerprint density at radius 1 is 1.52 bits per heavy atom. The molecule has 116 valence electrons. The van der Waals surface area contributed by atoms with Crippen LogP contribution in [0.15, 0.2) is 17.5 Å². The zero-order valence-corrected chi connectivity index (χ0v) is 13.7. The third kappa shape index (κ3) is 3.83. The number of rotatable bonds is 6. The zero-order valence-electron chi connectivity index (χ0n) is 12.8. The van der Waals surface area contributed by atoms with Crippen LogP contribution in [0.25, 0.3) is 0 Å². The Labute approximate surface area is 129 Å². The number of thiophene rings is 1. The van der Waals surface area contributed by atoms with Gasteiger partial charge in [-0.15, -0.1) is 11.3 Å². The van der Waals surface area contributed by atoms with E-state index in [2.05, 4.69) is 10.2 Å². The highest BCUT2D eigenvalue weighted by molar-refractivity contribution is 7.10. The largest absolute Gasteiger partial charge is 0.356 e.